The van der Waals surface area contributed by atoms with Crippen LogP contribution >= 0.6 is 0 Å². The first-order chi connectivity index (χ1) is 15.4. The van der Waals surface area contributed by atoms with Crippen LogP contribution in [0.15, 0.2) is 47.4 Å². The lowest BCUT2D eigenvalue weighted by Gasteiger charge is -2.10. The van der Waals surface area contributed by atoms with Crippen molar-refractivity contribution < 1.29 is 13.6 Å². The SMILES string of the molecule is Cc1cccc(NC(=O)Nc2nc(=O)c(-c3ccc(CNCCCN)c(F)c3)c[nH]2)c1F. The zero-order valence-electron chi connectivity index (χ0n) is 17.5. The summed E-state index contributed by atoms with van der Waals surface area (Å²) in [7, 11) is 0. The maximum atomic E-state index is 14.4. The number of anilines is 2. The smallest absolute Gasteiger partial charge is 0.326 e. The van der Waals surface area contributed by atoms with Gasteiger partial charge in [-0.2, -0.15) is 4.98 Å². The molecular weight excluding hydrogens is 418 g/mol. The van der Waals surface area contributed by atoms with Crippen LogP contribution in [0.25, 0.3) is 11.1 Å². The normalized spacial score (nSPS) is 10.8. The molecule has 32 heavy (non-hydrogen) atoms. The molecule has 168 valence electrons. The number of carbonyl (C=O) groups is 1. The fraction of sp³-hybridized carbons (Fsp3) is 0.227. The molecule has 0 aliphatic rings. The number of aromatic nitrogens is 2. The minimum absolute atomic E-state index is 0.00505. The Morgan fingerprint density at radius 1 is 1.19 bits per heavy atom. The molecule has 0 unspecified atom stereocenters. The standard InChI is InChI=1S/C22H24F2N6O2/c1-13-4-2-5-18(19(13)24)28-22(32)30-21-27-12-16(20(31)29-21)14-6-7-15(17(23)10-14)11-26-9-3-8-25/h2,4-7,10,12,26H,3,8-9,11,25H2,1H3,(H3,27,28,29,30,31,32). The van der Waals surface area contributed by atoms with E-state index in [0.29, 0.717) is 36.3 Å². The van der Waals surface area contributed by atoms with E-state index in [4.69, 9.17) is 5.73 Å². The number of H-pyrrole nitrogens is 1. The van der Waals surface area contributed by atoms with Crippen LogP contribution < -0.4 is 27.2 Å². The van der Waals surface area contributed by atoms with Crippen LogP contribution in [0.4, 0.5) is 25.2 Å². The Labute approximate surface area is 183 Å². The molecule has 2 aromatic carbocycles. The lowest BCUT2D eigenvalue weighted by atomic mass is 10.1. The number of hydrogen-bond acceptors (Lipinski definition) is 5. The molecule has 0 saturated heterocycles. The van der Waals surface area contributed by atoms with Gasteiger partial charge in [0.15, 0.2) is 0 Å². The second-order valence-electron chi connectivity index (χ2n) is 7.11. The number of halogens is 2. The second-order valence-corrected chi connectivity index (χ2v) is 7.11. The van der Waals surface area contributed by atoms with E-state index in [0.717, 1.165) is 6.42 Å². The molecule has 0 spiro atoms. The van der Waals surface area contributed by atoms with Gasteiger partial charge in [-0.1, -0.05) is 24.3 Å². The van der Waals surface area contributed by atoms with E-state index in [1.165, 1.54) is 18.3 Å². The highest BCUT2D eigenvalue weighted by Gasteiger charge is 2.12. The molecular formula is C22H24F2N6O2. The van der Waals surface area contributed by atoms with Crippen molar-refractivity contribution in [2.24, 2.45) is 5.73 Å². The number of carbonyl (C=O) groups excluding carboxylic acids is 1. The summed E-state index contributed by atoms with van der Waals surface area (Å²) in [4.78, 5) is 31.0. The molecule has 0 fully saturated rings. The van der Waals surface area contributed by atoms with Gasteiger partial charge >= 0.3 is 6.03 Å². The molecule has 3 aromatic rings. The summed E-state index contributed by atoms with van der Waals surface area (Å²) >= 11 is 0. The van der Waals surface area contributed by atoms with Gasteiger partial charge in [-0.25, -0.2) is 13.6 Å². The number of aromatic amines is 1. The van der Waals surface area contributed by atoms with Crippen LogP contribution in [0.1, 0.15) is 17.5 Å². The molecule has 0 radical (unpaired) electrons. The summed E-state index contributed by atoms with van der Waals surface area (Å²) in [5.41, 5.74) is 6.09. The van der Waals surface area contributed by atoms with Crippen LogP contribution in [0.3, 0.4) is 0 Å². The first kappa shape index (κ1) is 23.0. The molecule has 10 heteroatoms. The predicted molar refractivity (Wildman–Crippen MR) is 119 cm³/mol. The number of benzene rings is 2. The van der Waals surface area contributed by atoms with Gasteiger partial charge in [-0.3, -0.25) is 10.1 Å². The Morgan fingerprint density at radius 2 is 2.00 bits per heavy atom. The Bertz CT molecular complexity index is 1170. The maximum Gasteiger partial charge on any atom is 0.326 e. The van der Waals surface area contributed by atoms with E-state index in [1.807, 2.05) is 0 Å². The molecule has 1 aromatic heterocycles. The van der Waals surface area contributed by atoms with Crippen LogP contribution in [0.5, 0.6) is 0 Å². The zero-order chi connectivity index (χ0) is 23.1. The van der Waals surface area contributed by atoms with Gasteiger partial charge in [0.2, 0.25) is 5.95 Å². The fourth-order valence-electron chi connectivity index (χ4n) is 2.98. The van der Waals surface area contributed by atoms with E-state index in [-0.39, 0.29) is 17.2 Å². The number of rotatable bonds is 8. The molecule has 8 nitrogen and oxygen atoms in total. The van der Waals surface area contributed by atoms with Gasteiger partial charge in [0.05, 0.1) is 11.3 Å². The summed E-state index contributed by atoms with van der Waals surface area (Å²) in [6.45, 7) is 3.16. The molecule has 2 amide bonds. The minimum atomic E-state index is -0.775. The molecule has 1 heterocycles. The van der Waals surface area contributed by atoms with Crippen molar-refractivity contribution in [2.75, 3.05) is 23.7 Å². The highest BCUT2D eigenvalue weighted by atomic mass is 19.1. The van der Waals surface area contributed by atoms with Crippen molar-refractivity contribution in [1.29, 1.82) is 0 Å². The van der Waals surface area contributed by atoms with Gasteiger partial charge in [-0.05, 0) is 49.7 Å². The number of amides is 2. The number of urea groups is 1. The quantitative estimate of drug-likeness (QED) is 0.343. The van der Waals surface area contributed by atoms with Gasteiger partial charge in [0, 0.05) is 18.3 Å². The summed E-state index contributed by atoms with van der Waals surface area (Å²) in [6.07, 6.45) is 2.12. The lowest BCUT2D eigenvalue weighted by Crippen LogP contribution is -2.24. The van der Waals surface area contributed by atoms with Gasteiger partial charge in [0.1, 0.15) is 11.6 Å². The van der Waals surface area contributed by atoms with E-state index in [9.17, 15) is 18.4 Å². The topological polar surface area (TPSA) is 125 Å². The molecule has 0 aliphatic heterocycles. The summed E-state index contributed by atoms with van der Waals surface area (Å²) in [5, 5.41) is 7.78. The third-order valence-corrected chi connectivity index (χ3v) is 4.71. The Morgan fingerprint density at radius 3 is 2.72 bits per heavy atom. The van der Waals surface area contributed by atoms with Crippen molar-refractivity contribution in [2.45, 2.75) is 19.9 Å². The Kier molecular flexibility index (Phi) is 7.63. The van der Waals surface area contributed by atoms with Crippen molar-refractivity contribution in [3.8, 4) is 11.1 Å². The van der Waals surface area contributed by atoms with Crippen LogP contribution in [0.2, 0.25) is 0 Å². The van der Waals surface area contributed by atoms with Crippen LogP contribution in [-0.2, 0) is 6.54 Å². The number of nitrogens with one attached hydrogen (secondary N) is 4. The number of nitrogens with zero attached hydrogens (tertiary/aromatic N) is 1. The van der Waals surface area contributed by atoms with Crippen molar-refractivity contribution in [3.63, 3.8) is 0 Å². The van der Waals surface area contributed by atoms with Gasteiger partial charge in [-0.15, -0.1) is 0 Å². The van der Waals surface area contributed by atoms with Gasteiger partial charge < -0.3 is 21.4 Å². The first-order valence-corrected chi connectivity index (χ1v) is 10.0. The van der Waals surface area contributed by atoms with E-state index >= 15 is 0 Å². The summed E-state index contributed by atoms with van der Waals surface area (Å²) < 4.78 is 28.4. The molecule has 3 rings (SSSR count). The van der Waals surface area contributed by atoms with Crippen LogP contribution in [0, 0.1) is 18.6 Å². The third-order valence-electron chi connectivity index (χ3n) is 4.71. The predicted octanol–water partition coefficient (Wildman–Crippen LogP) is 3.11. The molecule has 0 aliphatic carbocycles. The third kappa shape index (κ3) is 5.74. The Hall–Kier alpha value is -3.63. The molecule has 0 atom stereocenters. The second kappa shape index (κ2) is 10.6. The molecule has 0 bridgehead atoms. The Balaban J connectivity index is 1.68. The first-order valence-electron chi connectivity index (χ1n) is 10.0. The zero-order valence-corrected chi connectivity index (χ0v) is 17.5. The minimum Gasteiger partial charge on any atom is -0.331 e. The molecule has 6 N–H and O–H groups in total. The van der Waals surface area contributed by atoms with E-state index in [1.54, 1.807) is 31.2 Å². The van der Waals surface area contributed by atoms with Crippen molar-refractivity contribution in [1.82, 2.24) is 15.3 Å². The summed E-state index contributed by atoms with van der Waals surface area (Å²) in [5.74, 6) is -1.14. The lowest BCUT2D eigenvalue weighted by molar-refractivity contribution is 0.262. The van der Waals surface area contributed by atoms with Crippen LogP contribution in [-0.4, -0.2) is 29.1 Å². The maximum absolute atomic E-state index is 14.4. The van der Waals surface area contributed by atoms with E-state index < -0.39 is 23.2 Å². The van der Waals surface area contributed by atoms with E-state index in [2.05, 4.69) is 25.9 Å². The number of nitrogens with two attached hydrogens (primary N) is 1. The fourth-order valence-corrected chi connectivity index (χ4v) is 2.98. The van der Waals surface area contributed by atoms with Crippen molar-refractivity contribution in [3.05, 3.63) is 75.7 Å². The van der Waals surface area contributed by atoms with Gasteiger partial charge in [0.25, 0.3) is 5.56 Å². The average Bonchev–Trinajstić information content (AvgIpc) is 2.75. The number of aryl methyl sites for hydroxylation is 1. The highest BCUT2D eigenvalue weighted by Crippen LogP contribution is 2.20. The number of hydrogen-bond donors (Lipinski definition) is 5. The average molecular weight is 442 g/mol. The highest BCUT2D eigenvalue weighted by molar-refractivity contribution is 5.98. The monoisotopic (exact) mass is 442 g/mol. The van der Waals surface area contributed by atoms with Crippen molar-refractivity contribution >= 4 is 17.7 Å². The molecule has 0 saturated carbocycles. The largest absolute Gasteiger partial charge is 0.331 e. The summed E-state index contributed by atoms with van der Waals surface area (Å²) in [6, 6.07) is 8.28.